The Morgan fingerprint density at radius 2 is 2.04 bits per heavy atom. The van der Waals surface area contributed by atoms with Gasteiger partial charge in [-0.25, -0.2) is 4.98 Å². The lowest BCUT2D eigenvalue weighted by Gasteiger charge is -2.10. The molecular weight excluding hydrogens is 288 g/mol. The fourth-order valence-electron chi connectivity index (χ4n) is 3.00. The summed E-state index contributed by atoms with van der Waals surface area (Å²) >= 11 is 0. The van der Waals surface area contributed by atoms with Crippen LogP contribution in [0.1, 0.15) is 37.7 Å². The zero-order chi connectivity index (χ0) is 15.9. The summed E-state index contributed by atoms with van der Waals surface area (Å²) < 4.78 is 5.71. The Morgan fingerprint density at radius 1 is 1.17 bits per heavy atom. The lowest BCUT2D eigenvalue weighted by atomic mass is 10.0. The van der Waals surface area contributed by atoms with E-state index in [4.69, 9.17) is 4.74 Å². The Kier molecular flexibility index (Phi) is 5.25. The highest BCUT2D eigenvalue weighted by Gasteiger charge is 2.18. The molecule has 1 aromatic carbocycles. The molecule has 0 aliphatic heterocycles. The van der Waals surface area contributed by atoms with Crippen molar-refractivity contribution in [3.05, 3.63) is 54.2 Å². The number of nitrogens with zero attached hydrogens (tertiary/aromatic N) is 1. The van der Waals surface area contributed by atoms with Gasteiger partial charge in [0.05, 0.1) is 0 Å². The van der Waals surface area contributed by atoms with Gasteiger partial charge in [0, 0.05) is 25.2 Å². The van der Waals surface area contributed by atoms with Crippen molar-refractivity contribution in [1.29, 1.82) is 0 Å². The molecule has 1 aliphatic carbocycles. The molecule has 120 valence electrons. The van der Waals surface area contributed by atoms with Crippen LogP contribution in [-0.4, -0.2) is 10.9 Å². The molecule has 0 radical (unpaired) electrons. The van der Waals surface area contributed by atoms with Gasteiger partial charge in [-0.15, -0.1) is 0 Å². The van der Waals surface area contributed by atoms with Gasteiger partial charge in [-0.05, 0) is 42.5 Å². The van der Waals surface area contributed by atoms with Gasteiger partial charge in [-0.1, -0.05) is 31.0 Å². The molecule has 1 aliphatic rings. The molecule has 2 aromatic rings. The number of pyridine rings is 1. The van der Waals surface area contributed by atoms with Gasteiger partial charge in [0.25, 0.3) is 0 Å². The van der Waals surface area contributed by atoms with Crippen molar-refractivity contribution < 1.29 is 9.53 Å². The van der Waals surface area contributed by atoms with Crippen LogP contribution in [0.25, 0.3) is 0 Å². The van der Waals surface area contributed by atoms with E-state index >= 15 is 0 Å². The Balaban J connectivity index is 1.52. The third-order valence-corrected chi connectivity index (χ3v) is 4.20. The van der Waals surface area contributed by atoms with E-state index in [1.54, 1.807) is 6.20 Å². The zero-order valence-corrected chi connectivity index (χ0v) is 13.2. The maximum absolute atomic E-state index is 12.0. The molecular formula is C19H22N2O2. The highest BCUT2D eigenvalue weighted by Crippen LogP contribution is 2.27. The highest BCUT2D eigenvalue weighted by molar-refractivity contribution is 5.76. The second-order valence-corrected chi connectivity index (χ2v) is 6.05. The normalized spacial score (nSPS) is 14.6. The molecule has 23 heavy (non-hydrogen) atoms. The first-order valence-electron chi connectivity index (χ1n) is 8.24. The van der Waals surface area contributed by atoms with Gasteiger partial charge in [0.15, 0.2) is 0 Å². The number of hydrogen-bond acceptors (Lipinski definition) is 3. The maximum atomic E-state index is 12.0. The van der Waals surface area contributed by atoms with E-state index in [1.807, 2.05) is 42.5 Å². The number of hydrogen-bond donors (Lipinski definition) is 1. The summed E-state index contributed by atoms with van der Waals surface area (Å²) in [5, 5.41) is 3.01. The van der Waals surface area contributed by atoms with Crippen LogP contribution < -0.4 is 10.1 Å². The molecule has 1 N–H and O–H groups in total. The van der Waals surface area contributed by atoms with Gasteiger partial charge in [0.2, 0.25) is 11.8 Å². The predicted molar refractivity (Wildman–Crippen MR) is 89.2 cm³/mol. The minimum Gasteiger partial charge on any atom is -0.439 e. The Hall–Kier alpha value is -2.36. The molecule has 4 nitrogen and oxygen atoms in total. The first kappa shape index (κ1) is 15.5. The summed E-state index contributed by atoms with van der Waals surface area (Å²) in [7, 11) is 0. The molecule has 3 rings (SSSR count). The SMILES string of the molecule is O=C(CC1CCCC1)NCc1cccc(Oc2ccccn2)c1. The Bertz CT molecular complexity index is 637. The van der Waals surface area contributed by atoms with E-state index < -0.39 is 0 Å². The van der Waals surface area contributed by atoms with Gasteiger partial charge in [-0.3, -0.25) is 4.79 Å². The zero-order valence-electron chi connectivity index (χ0n) is 13.2. The molecule has 0 bridgehead atoms. The summed E-state index contributed by atoms with van der Waals surface area (Å²) in [6, 6.07) is 13.3. The van der Waals surface area contributed by atoms with Crippen molar-refractivity contribution in [2.45, 2.75) is 38.6 Å². The van der Waals surface area contributed by atoms with Crippen LogP contribution in [0.4, 0.5) is 0 Å². The third-order valence-electron chi connectivity index (χ3n) is 4.20. The smallest absolute Gasteiger partial charge is 0.220 e. The fourth-order valence-corrected chi connectivity index (χ4v) is 3.00. The molecule has 1 saturated carbocycles. The van der Waals surface area contributed by atoms with E-state index in [0.29, 0.717) is 24.8 Å². The largest absolute Gasteiger partial charge is 0.439 e. The lowest BCUT2D eigenvalue weighted by molar-refractivity contribution is -0.122. The van der Waals surface area contributed by atoms with Crippen LogP contribution >= 0.6 is 0 Å². The summed E-state index contributed by atoms with van der Waals surface area (Å²) in [5.41, 5.74) is 1.03. The van der Waals surface area contributed by atoms with Crippen LogP contribution in [0, 0.1) is 5.92 Å². The van der Waals surface area contributed by atoms with E-state index in [0.717, 1.165) is 11.3 Å². The van der Waals surface area contributed by atoms with E-state index in [9.17, 15) is 4.79 Å². The van der Waals surface area contributed by atoms with Crippen molar-refractivity contribution in [2.24, 2.45) is 5.92 Å². The van der Waals surface area contributed by atoms with Gasteiger partial charge >= 0.3 is 0 Å². The summed E-state index contributed by atoms with van der Waals surface area (Å²) in [6.07, 6.45) is 7.28. The summed E-state index contributed by atoms with van der Waals surface area (Å²) in [5.74, 6) is 2.02. The number of carbonyl (C=O) groups excluding carboxylic acids is 1. The fraction of sp³-hybridized carbons (Fsp3) is 0.368. The van der Waals surface area contributed by atoms with Crippen LogP contribution in [0.2, 0.25) is 0 Å². The molecule has 0 spiro atoms. The monoisotopic (exact) mass is 310 g/mol. The molecule has 1 fully saturated rings. The van der Waals surface area contributed by atoms with Crippen LogP contribution in [0.15, 0.2) is 48.7 Å². The van der Waals surface area contributed by atoms with Gasteiger partial charge in [-0.2, -0.15) is 0 Å². The number of aromatic nitrogens is 1. The number of benzene rings is 1. The van der Waals surface area contributed by atoms with Gasteiger partial charge in [0.1, 0.15) is 5.75 Å². The molecule has 1 aromatic heterocycles. The number of ether oxygens (including phenoxy) is 1. The molecule has 0 saturated heterocycles. The van der Waals surface area contributed by atoms with Crippen molar-refractivity contribution >= 4 is 5.91 Å². The van der Waals surface area contributed by atoms with Gasteiger partial charge < -0.3 is 10.1 Å². The summed E-state index contributed by atoms with van der Waals surface area (Å²) in [4.78, 5) is 16.1. The summed E-state index contributed by atoms with van der Waals surface area (Å²) in [6.45, 7) is 0.533. The number of nitrogens with one attached hydrogen (secondary N) is 1. The minimum absolute atomic E-state index is 0.146. The standard InChI is InChI=1S/C19H22N2O2/c22-18(13-15-6-1-2-7-15)21-14-16-8-5-9-17(12-16)23-19-10-3-4-11-20-19/h3-5,8-12,15H,1-2,6-7,13-14H2,(H,21,22). The van der Waals surface area contributed by atoms with Crippen molar-refractivity contribution in [1.82, 2.24) is 10.3 Å². The van der Waals surface area contributed by atoms with E-state index in [-0.39, 0.29) is 5.91 Å². The average molecular weight is 310 g/mol. The third kappa shape index (κ3) is 4.81. The predicted octanol–water partition coefficient (Wildman–Crippen LogP) is 4.07. The van der Waals surface area contributed by atoms with Crippen LogP contribution in [-0.2, 0) is 11.3 Å². The number of amides is 1. The topological polar surface area (TPSA) is 51.2 Å². The maximum Gasteiger partial charge on any atom is 0.220 e. The second-order valence-electron chi connectivity index (χ2n) is 6.05. The lowest BCUT2D eigenvalue weighted by Crippen LogP contribution is -2.24. The molecule has 4 heteroatoms. The van der Waals surface area contributed by atoms with E-state index in [1.165, 1.54) is 25.7 Å². The first-order chi connectivity index (χ1) is 11.3. The van der Waals surface area contributed by atoms with Crippen molar-refractivity contribution in [3.63, 3.8) is 0 Å². The van der Waals surface area contributed by atoms with Crippen molar-refractivity contribution in [3.8, 4) is 11.6 Å². The molecule has 0 unspecified atom stereocenters. The van der Waals surface area contributed by atoms with E-state index in [2.05, 4.69) is 10.3 Å². The van der Waals surface area contributed by atoms with Crippen LogP contribution in [0.5, 0.6) is 11.6 Å². The Labute approximate surface area is 136 Å². The molecule has 1 heterocycles. The minimum atomic E-state index is 0.146. The second kappa shape index (κ2) is 7.77. The number of carbonyl (C=O) groups is 1. The van der Waals surface area contributed by atoms with Crippen LogP contribution in [0.3, 0.4) is 0 Å². The highest BCUT2D eigenvalue weighted by atomic mass is 16.5. The molecule has 1 amide bonds. The Morgan fingerprint density at radius 3 is 2.83 bits per heavy atom. The number of rotatable bonds is 6. The quantitative estimate of drug-likeness (QED) is 0.875. The molecule has 0 atom stereocenters. The van der Waals surface area contributed by atoms with Crippen molar-refractivity contribution in [2.75, 3.05) is 0 Å². The average Bonchev–Trinajstić information content (AvgIpc) is 3.07. The first-order valence-corrected chi connectivity index (χ1v) is 8.24.